The first-order valence-corrected chi connectivity index (χ1v) is 9.75. The molecule has 0 saturated carbocycles. The maximum absolute atomic E-state index is 12.9. The molecule has 1 N–H and O–H groups in total. The van der Waals surface area contributed by atoms with E-state index < -0.39 is 17.6 Å². The maximum Gasteiger partial charge on any atom is 0.416 e. The summed E-state index contributed by atoms with van der Waals surface area (Å²) in [6.45, 7) is 0.228. The highest BCUT2D eigenvalue weighted by molar-refractivity contribution is 7.13. The van der Waals surface area contributed by atoms with Gasteiger partial charge in [-0.3, -0.25) is 9.59 Å². The van der Waals surface area contributed by atoms with E-state index in [9.17, 15) is 22.8 Å². The number of halogens is 3. The Labute approximate surface area is 175 Å². The van der Waals surface area contributed by atoms with Crippen LogP contribution in [-0.4, -0.2) is 35.8 Å². The molecule has 0 aliphatic carbocycles. The predicted molar refractivity (Wildman–Crippen MR) is 108 cm³/mol. The van der Waals surface area contributed by atoms with Gasteiger partial charge >= 0.3 is 6.18 Å². The molecule has 156 valence electrons. The van der Waals surface area contributed by atoms with Crippen LogP contribution in [-0.2, 0) is 12.7 Å². The highest BCUT2D eigenvalue weighted by Gasteiger charge is 2.30. The summed E-state index contributed by atoms with van der Waals surface area (Å²) >= 11 is 1.10. The van der Waals surface area contributed by atoms with Crippen LogP contribution in [0.5, 0.6) is 0 Å². The first kappa shape index (κ1) is 21.5. The number of nitrogens with one attached hydrogen (secondary N) is 1. The maximum atomic E-state index is 12.9. The van der Waals surface area contributed by atoms with Crippen molar-refractivity contribution in [2.24, 2.45) is 0 Å². The second-order valence-corrected chi connectivity index (χ2v) is 7.55. The monoisotopic (exact) mass is 433 g/mol. The van der Waals surface area contributed by atoms with Crippen molar-refractivity contribution in [3.05, 3.63) is 76.3 Å². The lowest BCUT2D eigenvalue weighted by Crippen LogP contribution is -2.23. The number of nitrogens with zero attached hydrogens (tertiary/aromatic N) is 2. The van der Waals surface area contributed by atoms with E-state index in [4.69, 9.17) is 0 Å². The summed E-state index contributed by atoms with van der Waals surface area (Å²) in [5, 5.41) is 4.55. The number of carbonyl (C=O) groups is 2. The fourth-order valence-electron chi connectivity index (χ4n) is 2.64. The fraction of sp³-hybridized carbons (Fsp3) is 0.190. The molecule has 3 rings (SSSR count). The van der Waals surface area contributed by atoms with E-state index >= 15 is 0 Å². The number of alkyl halides is 3. The molecule has 30 heavy (non-hydrogen) atoms. The first-order valence-electron chi connectivity index (χ1n) is 8.87. The molecular formula is C21H18F3N3O2S. The average molecular weight is 433 g/mol. The van der Waals surface area contributed by atoms with E-state index in [2.05, 4.69) is 10.3 Å². The Kier molecular flexibility index (Phi) is 6.21. The van der Waals surface area contributed by atoms with Gasteiger partial charge < -0.3 is 10.2 Å². The second kappa shape index (κ2) is 8.66. The molecule has 1 heterocycles. The molecule has 3 aromatic rings. The average Bonchev–Trinajstić information content (AvgIpc) is 3.22. The van der Waals surface area contributed by atoms with Gasteiger partial charge in [0.05, 0.1) is 5.56 Å². The predicted octanol–water partition coefficient (Wildman–Crippen LogP) is 4.46. The van der Waals surface area contributed by atoms with Gasteiger partial charge in [-0.25, -0.2) is 4.98 Å². The van der Waals surface area contributed by atoms with Crippen molar-refractivity contribution in [1.82, 2.24) is 15.2 Å². The Hall–Kier alpha value is -3.20. The van der Waals surface area contributed by atoms with Gasteiger partial charge in [-0.05, 0) is 29.8 Å². The van der Waals surface area contributed by atoms with Crippen molar-refractivity contribution in [2.45, 2.75) is 12.7 Å². The molecule has 0 spiro atoms. The summed E-state index contributed by atoms with van der Waals surface area (Å²) in [6, 6.07) is 11.7. The molecular weight excluding hydrogens is 415 g/mol. The Morgan fingerprint density at radius 1 is 1.10 bits per heavy atom. The number of hydrogen-bond acceptors (Lipinski definition) is 4. The molecule has 0 radical (unpaired) electrons. The number of carbonyl (C=O) groups excluding carboxylic acids is 2. The summed E-state index contributed by atoms with van der Waals surface area (Å²) in [5.41, 5.74) is 1.01. The minimum absolute atomic E-state index is 0.116. The van der Waals surface area contributed by atoms with Crippen molar-refractivity contribution >= 4 is 23.2 Å². The summed E-state index contributed by atoms with van der Waals surface area (Å²) in [7, 11) is 3.33. The van der Waals surface area contributed by atoms with Crippen LogP contribution in [0.15, 0.2) is 53.9 Å². The van der Waals surface area contributed by atoms with Gasteiger partial charge in [0, 0.05) is 37.1 Å². The number of benzene rings is 2. The number of thiazole rings is 1. The first-order chi connectivity index (χ1) is 14.1. The molecule has 0 bridgehead atoms. The minimum atomic E-state index is -4.44. The van der Waals surface area contributed by atoms with E-state index in [-0.39, 0.29) is 18.1 Å². The number of rotatable bonds is 5. The van der Waals surface area contributed by atoms with Crippen LogP contribution in [0.1, 0.15) is 32.0 Å². The van der Waals surface area contributed by atoms with Gasteiger partial charge in [-0.15, -0.1) is 11.3 Å². The van der Waals surface area contributed by atoms with Crippen molar-refractivity contribution in [3.8, 4) is 10.6 Å². The van der Waals surface area contributed by atoms with Crippen molar-refractivity contribution in [3.63, 3.8) is 0 Å². The summed E-state index contributed by atoms with van der Waals surface area (Å²) in [4.78, 5) is 29.9. The zero-order valence-corrected chi connectivity index (χ0v) is 17.0. The lowest BCUT2D eigenvalue weighted by molar-refractivity contribution is -0.137. The van der Waals surface area contributed by atoms with Crippen LogP contribution >= 0.6 is 11.3 Å². The van der Waals surface area contributed by atoms with E-state index in [0.29, 0.717) is 16.1 Å². The normalized spacial score (nSPS) is 11.2. The lowest BCUT2D eigenvalue weighted by Gasteiger charge is -2.10. The Bertz CT molecular complexity index is 1060. The molecule has 0 unspecified atom stereocenters. The van der Waals surface area contributed by atoms with Crippen LogP contribution in [0.2, 0.25) is 0 Å². The summed E-state index contributed by atoms with van der Waals surface area (Å²) < 4.78 is 38.7. The van der Waals surface area contributed by atoms with Crippen LogP contribution < -0.4 is 5.32 Å². The molecule has 0 aliphatic rings. The number of hydrogen-bond donors (Lipinski definition) is 1. The van der Waals surface area contributed by atoms with Crippen LogP contribution in [0, 0.1) is 0 Å². The Balaban J connectivity index is 1.65. The molecule has 0 atom stereocenters. The van der Waals surface area contributed by atoms with Crippen LogP contribution in [0.4, 0.5) is 13.2 Å². The lowest BCUT2D eigenvalue weighted by atomic mass is 10.1. The largest absolute Gasteiger partial charge is 0.416 e. The van der Waals surface area contributed by atoms with Crippen molar-refractivity contribution in [1.29, 1.82) is 0 Å². The van der Waals surface area contributed by atoms with E-state index in [1.165, 1.54) is 22.4 Å². The van der Waals surface area contributed by atoms with Crippen molar-refractivity contribution in [2.75, 3.05) is 14.1 Å². The van der Waals surface area contributed by atoms with Gasteiger partial charge in [-0.2, -0.15) is 13.2 Å². The molecule has 0 saturated heterocycles. The number of aromatic nitrogens is 1. The molecule has 5 nitrogen and oxygen atoms in total. The van der Waals surface area contributed by atoms with Gasteiger partial charge in [0.25, 0.3) is 11.8 Å². The molecule has 9 heteroatoms. The smallest absolute Gasteiger partial charge is 0.347 e. The minimum Gasteiger partial charge on any atom is -0.347 e. The standard InChI is InChI=1S/C21H18F3N3O2S/c1-27(2)20(29)14-8-6-13(7-9-14)11-25-18(28)17-12-30-19(26-17)15-4-3-5-16(10-15)21(22,23)24/h3-10,12H,11H2,1-2H3,(H,25,28). The molecule has 1 aromatic heterocycles. The SMILES string of the molecule is CN(C)C(=O)c1ccc(CNC(=O)c2csc(-c3cccc(C(F)(F)F)c3)n2)cc1. The highest BCUT2D eigenvalue weighted by atomic mass is 32.1. The molecule has 0 aliphatic heterocycles. The van der Waals surface area contributed by atoms with Crippen molar-refractivity contribution < 1.29 is 22.8 Å². The number of amides is 2. The Morgan fingerprint density at radius 3 is 2.43 bits per heavy atom. The van der Waals surface area contributed by atoms with Crippen LogP contribution in [0.25, 0.3) is 10.6 Å². The zero-order valence-electron chi connectivity index (χ0n) is 16.2. The molecule has 2 aromatic carbocycles. The third-order valence-electron chi connectivity index (χ3n) is 4.23. The van der Waals surface area contributed by atoms with Gasteiger partial charge in [0.2, 0.25) is 0 Å². The highest BCUT2D eigenvalue weighted by Crippen LogP contribution is 2.33. The van der Waals surface area contributed by atoms with E-state index in [0.717, 1.165) is 29.0 Å². The van der Waals surface area contributed by atoms with Gasteiger partial charge in [0.1, 0.15) is 10.7 Å². The fourth-order valence-corrected chi connectivity index (χ4v) is 3.43. The summed E-state index contributed by atoms with van der Waals surface area (Å²) in [6.07, 6.45) is -4.44. The third kappa shape index (κ3) is 5.04. The quantitative estimate of drug-likeness (QED) is 0.646. The van der Waals surface area contributed by atoms with Crippen LogP contribution in [0.3, 0.4) is 0 Å². The van der Waals surface area contributed by atoms with Gasteiger partial charge in [-0.1, -0.05) is 24.3 Å². The van der Waals surface area contributed by atoms with E-state index in [1.807, 2.05) is 0 Å². The van der Waals surface area contributed by atoms with Gasteiger partial charge in [0.15, 0.2) is 0 Å². The summed E-state index contributed by atoms with van der Waals surface area (Å²) in [5.74, 6) is -0.548. The topological polar surface area (TPSA) is 62.3 Å². The zero-order chi connectivity index (χ0) is 21.9. The molecule has 0 fully saturated rings. The Morgan fingerprint density at radius 2 is 1.80 bits per heavy atom. The third-order valence-corrected chi connectivity index (χ3v) is 5.13. The van der Waals surface area contributed by atoms with E-state index in [1.54, 1.807) is 38.4 Å². The second-order valence-electron chi connectivity index (χ2n) is 6.70. The molecule has 2 amide bonds.